The van der Waals surface area contributed by atoms with E-state index in [4.69, 9.17) is 13.9 Å². The number of fused-ring (bicyclic) bond motifs is 1. The molecule has 0 bridgehead atoms. The summed E-state index contributed by atoms with van der Waals surface area (Å²) in [5, 5.41) is 24.2. The van der Waals surface area contributed by atoms with Crippen LogP contribution in [-0.2, 0) is 33.5 Å². The molecule has 2 aromatic rings. The van der Waals surface area contributed by atoms with Gasteiger partial charge in [0.05, 0.1) is 51.3 Å². The Labute approximate surface area is 352 Å². The van der Waals surface area contributed by atoms with Crippen LogP contribution in [0.5, 0.6) is 0 Å². The van der Waals surface area contributed by atoms with Gasteiger partial charge in [-0.25, -0.2) is 32.6 Å². The van der Waals surface area contributed by atoms with Crippen LogP contribution in [0, 0.1) is 32.1 Å². The number of nitro groups is 2. The average molecular weight is 886 g/mol. The van der Waals surface area contributed by atoms with E-state index in [0.717, 1.165) is 72.9 Å². The van der Waals surface area contributed by atoms with Crippen LogP contribution >= 0.6 is 0 Å². The first-order valence-electron chi connectivity index (χ1n) is 19.5. The molecule has 23 heteroatoms. The van der Waals surface area contributed by atoms with Crippen molar-refractivity contribution in [2.24, 2.45) is 16.8 Å². The number of β-lactam (4-membered cyclic amide) rings is 1. The average Bonchev–Trinajstić information content (AvgIpc) is 3.74. The number of carbonyl (C=O) groups excluding carboxylic acids is 5. The van der Waals surface area contributed by atoms with Gasteiger partial charge in [0, 0.05) is 49.8 Å². The van der Waals surface area contributed by atoms with E-state index in [0.29, 0.717) is 18.5 Å². The Bertz CT molecular complexity index is 2260. The molecule has 3 heterocycles. The van der Waals surface area contributed by atoms with Gasteiger partial charge in [0.1, 0.15) is 5.70 Å². The summed E-state index contributed by atoms with van der Waals surface area (Å²) < 4.78 is 43.2. The molecule has 3 aliphatic heterocycles. The molecule has 2 fully saturated rings. The highest BCUT2D eigenvalue weighted by Crippen LogP contribution is 2.49. The molecule has 2 N–H and O–H groups in total. The van der Waals surface area contributed by atoms with Crippen molar-refractivity contribution in [2.75, 3.05) is 25.9 Å². The van der Waals surface area contributed by atoms with Crippen LogP contribution in [0.2, 0.25) is 18.1 Å². The fourth-order valence-electron chi connectivity index (χ4n) is 7.94. The predicted octanol–water partition coefficient (Wildman–Crippen LogP) is 3.87. The van der Waals surface area contributed by atoms with Crippen molar-refractivity contribution >= 4 is 65.6 Å². The maximum atomic E-state index is 14.0. The molecular weight excluding hydrogens is 839 g/mol. The van der Waals surface area contributed by atoms with E-state index < -0.39 is 88.2 Å². The summed E-state index contributed by atoms with van der Waals surface area (Å²) in [5.41, 5.74) is -0.467. The lowest BCUT2D eigenvalue weighted by molar-refractivity contribution is -0.385. The Kier molecular flexibility index (Phi) is 14.2. The number of carbonyl (C=O) groups is 5. The number of sulfonamides is 1. The maximum Gasteiger partial charge on any atom is 0.421 e. The Hall–Kier alpha value is -5.91. The molecule has 2 saturated heterocycles. The van der Waals surface area contributed by atoms with Gasteiger partial charge < -0.3 is 18.8 Å². The largest absolute Gasteiger partial charge is 0.421 e. The summed E-state index contributed by atoms with van der Waals surface area (Å²) in [6.07, 6.45) is -0.692. The molecule has 2 aromatic carbocycles. The summed E-state index contributed by atoms with van der Waals surface area (Å²) in [6.45, 7) is 10.6. The number of alkyl carbamates (subject to hydrolysis) is 1. The van der Waals surface area contributed by atoms with E-state index in [1.54, 1.807) is 0 Å². The number of esters is 3. The van der Waals surface area contributed by atoms with Crippen LogP contribution in [0.3, 0.4) is 0 Å². The molecular formula is C38H47N7O14SSi. The van der Waals surface area contributed by atoms with Gasteiger partial charge in [-0.2, -0.15) is 0 Å². The van der Waals surface area contributed by atoms with Gasteiger partial charge in [-0.15, -0.1) is 0 Å². The summed E-state index contributed by atoms with van der Waals surface area (Å²) in [4.78, 5) is 94.6. The van der Waals surface area contributed by atoms with Crippen molar-refractivity contribution in [3.63, 3.8) is 0 Å². The number of ether oxygens (including phenoxy) is 2. The number of non-ortho nitro benzene ring substituents is 2. The molecule has 0 saturated carbocycles. The first-order valence-corrected chi connectivity index (χ1v) is 23.9. The van der Waals surface area contributed by atoms with Gasteiger partial charge in [-0.05, 0) is 61.3 Å². The number of hydrogen-bond donors (Lipinski definition) is 2. The second-order valence-corrected chi connectivity index (χ2v) is 21.5. The first-order chi connectivity index (χ1) is 28.7. The zero-order chi connectivity index (χ0) is 45.0. The Morgan fingerprint density at radius 3 is 1.92 bits per heavy atom. The zero-order valence-corrected chi connectivity index (χ0v) is 36.1. The number of aliphatic imine (C=N–C) groups is 1. The van der Waals surface area contributed by atoms with Crippen LogP contribution in [0.15, 0.2) is 64.8 Å². The number of amides is 2. The van der Waals surface area contributed by atoms with Crippen molar-refractivity contribution < 1.29 is 56.1 Å². The monoisotopic (exact) mass is 885 g/mol. The third kappa shape index (κ3) is 10.5. The van der Waals surface area contributed by atoms with E-state index >= 15 is 0 Å². The Balaban J connectivity index is 1.36. The molecule has 0 aliphatic carbocycles. The molecule has 5 rings (SSSR count). The van der Waals surface area contributed by atoms with Gasteiger partial charge >= 0.3 is 24.0 Å². The number of guanidine groups is 1. The van der Waals surface area contributed by atoms with Gasteiger partial charge in [-0.3, -0.25) is 40.0 Å². The third-order valence-electron chi connectivity index (χ3n) is 11.3. The second-order valence-electron chi connectivity index (χ2n) is 15.1. The number of hydrogen-bond acceptors (Lipinski definition) is 16. The molecule has 0 radical (unpaired) electrons. The highest BCUT2D eigenvalue weighted by atomic mass is 32.2. The van der Waals surface area contributed by atoms with Crippen LogP contribution in [0.25, 0.3) is 0 Å². The number of likely N-dealkylation sites (tertiary alicyclic amines) is 1. The summed E-state index contributed by atoms with van der Waals surface area (Å²) in [5.74, 6) is -5.21. The number of nitro benzene ring substituents is 2. The van der Waals surface area contributed by atoms with Crippen molar-refractivity contribution in [3.8, 4) is 0 Å². The number of nitrogens with zero attached hydrogens (tertiary/aromatic N) is 5. The lowest BCUT2D eigenvalue weighted by Gasteiger charge is -2.49. The van der Waals surface area contributed by atoms with Crippen molar-refractivity contribution in [1.29, 1.82) is 0 Å². The molecule has 3 aliphatic rings. The standard InChI is InChI=1S/C38H47N7O14SSi/c1-7-61(8-2,9-3)59-23(5)30-31-22(4)29(32(43(31)33(30)46)36(49)57-34(47)24-10-14-27(15-11-24)44(51)52)21-42-19-18-26(20-42)39-37(41-60(6,55)56)40-38(50)58-35(48)25-12-16-28(17-13-25)45(53)54/h10-17,22-23,26,30-31H,7-9,18-21H2,1-6H3,(H2,39,40,41,50)/t22-,23+,26-,30?,31+/m0/s1. The van der Waals surface area contributed by atoms with E-state index in [2.05, 4.69) is 35.8 Å². The van der Waals surface area contributed by atoms with Crippen LogP contribution in [0.1, 0.15) is 61.8 Å². The predicted molar refractivity (Wildman–Crippen MR) is 219 cm³/mol. The minimum Gasteiger partial charge on any atom is -0.413 e. The van der Waals surface area contributed by atoms with E-state index in [1.807, 2.05) is 18.7 Å². The minimum atomic E-state index is -4.01. The highest BCUT2D eigenvalue weighted by Gasteiger charge is 2.61. The lowest BCUT2D eigenvalue weighted by atomic mass is 9.77. The Morgan fingerprint density at radius 1 is 0.902 bits per heavy atom. The summed E-state index contributed by atoms with van der Waals surface area (Å²) >= 11 is 0. The molecule has 328 valence electrons. The molecule has 5 atom stereocenters. The van der Waals surface area contributed by atoms with Gasteiger partial charge in [0.2, 0.25) is 21.9 Å². The number of benzene rings is 2. The van der Waals surface area contributed by atoms with Gasteiger partial charge in [0.25, 0.3) is 11.4 Å². The fourth-order valence-corrected chi connectivity index (χ4v) is 11.3. The number of nitrogens with one attached hydrogen (secondary N) is 2. The van der Waals surface area contributed by atoms with Gasteiger partial charge in [-0.1, -0.05) is 27.7 Å². The quantitative estimate of drug-likeness (QED) is 0.0375. The van der Waals surface area contributed by atoms with E-state index in [-0.39, 0.29) is 47.2 Å². The van der Waals surface area contributed by atoms with E-state index in [9.17, 15) is 52.6 Å². The molecule has 61 heavy (non-hydrogen) atoms. The molecule has 1 unspecified atom stereocenters. The second kappa shape index (κ2) is 18.8. The molecule has 2 amide bonds. The van der Waals surface area contributed by atoms with Crippen LogP contribution in [0.4, 0.5) is 16.2 Å². The summed E-state index contributed by atoms with van der Waals surface area (Å²) in [6, 6.07) is 10.2. The van der Waals surface area contributed by atoms with Crippen molar-refractivity contribution in [2.45, 2.75) is 77.4 Å². The maximum absolute atomic E-state index is 14.0. The van der Waals surface area contributed by atoms with Crippen molar-refractivity contribution in [3.05, 3.63) is 91.2 Å². The van der Waals surface area contributed by atoms with Gasteiger partial charge in [0.15, 0.2) is 8.32 Å². The third-order valence-corrected chi connectivity index (χ3v) is 16.6. The Morgan fingerprint density at radius 2 is 1.43 bits per heavy atom. The van der Waals surface area contributed by atoms with Crippen molar-refractivity contribution in [1.82, 2.24) is 19.8 Å². The molecule has 21 nitrogen and oxygen atoms in total. The SMILES string of the molecule is CC[Si](CC)(CC)O[C@H](C)C1C(=O)N2C(C(=O)OC(=O)c3ccc([N+](=O)[O-])cc3)=C(CN3CC[C@H](N=C(NC(=O)OC(=O)c4ccc([N+](=O)[O-])cc4)NS(C)(=O)=O)C3)[C@H](C)[C@H]12. The highest BCUT2D eigenvalue weighted by molar-refractivity contribution is 7.89. The summed E-state index contributed by atoms with van der Waals surface area (Å²) in [7, 11) is -6.16. The van der Waals surface area contributed by atoms with Crippen LogP contribution in [-0.4, -0.2) is 116 Å². The normalized spacial score (nSPS) is 21.0. The van der Waals surface area contributed by atoms with E-state index in [1.165, 1.54) is 4.90 Å². The number of rotatable bonds is 15. The topological polar surface area (TPSA) is 276 Å². The minimum absolute atomic E-state index is 0.0975. The molecule has 0 aromatic heterocycles. The smallest absolute Gasteiger partial charge is 0.413 e. The van der Waals surface area contributed by atoms with Crippen LogP contribution < -0.4 is 10.0 Å². The fraction of sp³-hybridized carbons (Fsp3) is 0.474. The zero-order valence-electron chi connectivity index (χ0n) is 34.3. The molecule has 0 spiro atoms. The first kappa shape index (κ1) is 46.2. The lowest BCUT2D eigenvalue weighted by Crippen LogP contribution is -2.65.